The lowest BCUT2D eigenvalue weighted by molar-refractivity contribution is 0.246. The van der Waals surface area contributed by atoms with Gasteiger partial charge < -0.3 is 14.1 Å². The molecule has 0 radical (unpaired) electrons. The van der Waals surface area contributed by atoms with Crippen molar-refractivity contribution in [2.24, 2.45) is 0 Å². The number of hydrogen-bond acceptors (Lipinski definition) is 6. The van der Waals surface area contributed by atoms with Gasteiger partial charge in [0.2, 0.25) is 17.5 Å². The third-order valence-electron chi connectivity index (χ3n) is 5.25. The highest BCUT2D eigenvalue weighted by atomic mass is 16.5. The number of hydrogen-bond donors (Lipinski definition) is 0. The van der Waals surface area contributed by atoms with Crippen LogP contribution in [0.2, 0.25) is 0 Å². The number of ether oxygens (including phenoxy) is 1. The molecule has 2 heterocycles. The first-order valence-corrected chi connectivity index (χ1v) is 10.6. The highest BCUT2D eigenvalue weighted by Gasteiger charge is 2.23. The third-order valence-corrected chi connectivity index (χ3v) is 5.25. The first-order valence-electron chi connectivity index (χ1n) is 10.6. The lowest BCUT2D eigenvalue weighted by atomic mass is 10.2. The number of aromatic nitrogens is 1. The Labute approximate surface area is 183 Å². The van der Waals surface area contributed by atoms with Crippen molar-refractivity contribution in [2.45, 2.75) is 13.5 Å². The molecule has 6 heteroatoms. The largest absolute Gasteiger partial charge is 0.494 e. The van der Waals surface area contributed by atoms with Crippen LogP contribution in [0.15, 0.2) is 59.0 Å². The molecule has 2 aromatic carbocycles. The SMILES string of the molecule is CCOc1ccc(/C=C/c2nc(C#N)c(N3CCN(Cc4ccccc4)CC3)o2)cc1. The fraction of sp³-hybridized carbons (Fsp3) is 0.280. The molecular formula is C25H26N4O2. The Morgan fingerprint density at radius 2 is 1.77 bits per heavy atom. The summed E-state index contributed by atoms with van der Waals surface area (Å²) in [5.74, 6) is 1.84. The van der Waals surface area contributed by atoms with Gasteiger partial charge in [-0.1, -0.05) is 42.5 Å². The zero-order valence-corrected chi connectivity index (χ0v) is 17.7. The van der Waals surface area contributed by atoms with Gasteiger partial charge in [0.15, 0.2) is 0 Å². The number of nitrogens with zero attached hydrogens (tertiary/aromatic N) is 4. The van der Waals surface area contributed by atoms with Gasteiger partial charge in [0.25, 0.3) is 0 Å². The van der Waals surface area contributed by atoms with E-state index >= 15 is 0 Å². The van der Waals surface area contributed by atoms with E-state index in [1.165, 1.54) is 5.56 Å². The van der Waals surface area contributed by atoms with Gasteiger partial charge in [-0.3, -0.25) is 4.90 Å². The monoisotopic (exact) mass is 414 g/mol. The van der Waals surface area contributed by atoms with Gasteiger partial charge in [-0.05, 0) is 36.3 Å². The Morgan fingerprint density at radius 1 is 1.03 bits per heavy atom. The maximum absolute atomic E-state index is 9.53. The van der Waals surface area contributed by atoms with Crippen LogP contribution in [-0.4, -0.2) is 42.7 Å². The van der Waals surface area contributed by atoms with Gasteiger partial charge in [0.05, 0.1) is 6.61 Å². The number of nitriles is 1. The average molecular weight is 415 g/mol. The second-order valence-electron chi connectivity index (χ2n) is 7.40. The summed E-state index contributed by atoms with van der Waals surface area (Å²) in [6, 6.07) is 20.5. The summed E-state index contributed by atoms with van der Waals surface area (Å²) in [4.78, 5) is 8.89. The van der Waals surface area contributed by atoms with Crippen LogP contribution in [0.4, 0.5) is 5.88 Å². The van der Waals surface area contributed by atoms with Crippen LogP contribution in [-0.2, 0) is 6.54 Å². The molecule has 6 nitrogen and oxygen atoms in total. The standard InChI is InChI=1S/C25H26N4O2/c1-2-30-22-11-8-20(9-12-22)10-13-24-27-23(18-26)25(31-24)29-16-14-28(15-17-29)19-21-6-4-3-5-7-21/h3-13H,2,14-17,19H2,1H3/b13-10+. The van der Waals surface area contributed by atoms with E-state index in [-0.39, 0.29) is 0 Å². The molecule has 1 aromatic heterocycles. The van der Waals surface area contributed by atoms with Gasteiger partial charge >= 0.3 is 0 Å². The van der Waals surface area contributed by atoms with Crippen LogP contribution >= 0.6 is 0 Å². The molecule has 158 valence electrons. The molecular weight excluding hydrogens is 388 g/mol. The van der Waals surface area contributed by atoms with Crippen LogP contribution in [0, 0.1) is 11.3 Å². The molecule has 4 rings (SSSR count). The molecule has 3 aromatic rings. The smallest absolute Gasteiger partial charge is 0.235 e. The summed E-state index contributed by atoms with van der Waals surface area (Å²) < 4.78 is 11.4. The fourth-order valence-corrected chi connectivity index (χ4v) is 3.65. The second-order valence-corrected chi connectivity index (χ2v) is 7.40. The Bertz CT molecular complexity index is 1040. The Balaban J connectivity index is 1.39. The lowest BCUT2D eigenvalue weighted by Crippen LogP contribution is -2.46. The van der Waals surface area contributed by atoms with Crippen LogP contribution in [0.3, 0.4) is 0 Å². The van der Waals surface area contributed by atoms with Gasteiger partial charge in [0, 0.05) is 38.8 Å². The molecule has 0 spiro atoms. The van der Waals surface area contributed by atoms with Crippen molar-refractivity contribution < 1.29 is 9.15 Å². The second kappa shape index (κ2) is 9.96. The number of anilines is 1. The molecule has 1 saturated heterocycles. The van der Waals surface area contributed by atoms with Crippen LogP contribution < -0.4 is 9.64 Å². The van der Waals surface area contributed by atoms with Crippen molar-refractivity contribution >= 4 is 18.0 Å². The summed E-state index contributed by atoms with van der Waals surface area (Å²) >= 11 is 0. The molecule has 1 aliphatic rings. The molecule has 0 unspecified atom stereocenters. The summed E-state index contributed by atoms with van der Waals surface area (Å²) in [7, 11) is 0. The van der Waals surface area contributed by atoms with Crippen molar-refractivity contribution in [1.29, 1.82) is 5.26 Å². The van der Waals surface area contributed by atoms with Crippen molar-refractivity contribution in [3.05, 3.63) is 77.3 Å². The molecule has 0 bridgehead atoms. The first kappa shape index (κ1) is 20.7. The summed E-state index contributed by atoms with van der Waals surface area (Å²) in [5, 5.41) is 9.53. The van der Waals surface area contributed by atoms with Crippen molar-refractivity contribution in [3.63, 3.8) is 0 Å². The molecule has 0 saturated carbocycles. The predicted molar refractivity (Wildman–Crippen MR) is 122 cm³/mol. The zero-order valence-electron chi connectivity index (χ0n) is 17.7. The Hall–Kier alpha value is -3.56. The normalized spacial score (nSPS) is 14.6. The van der Waals surface area contributed by atoms with E-state index in [4.69, 9.17) is 9.15 Å². The molecule has 31 heavy (non-hydrogen) atoms. The van der Waals surface area contributed by atoms with Crippen LogP contribution in [0.5, 0.6) is 5.75 Å². The highest BCUT2D eigenvalue weighted by Crippen LogP contribution is 2.25. The fourth-order valence-electron chi connectivity index (χ4n) is 3.65. The molecule has 0 amide bonds. The average Bonchev–Trinajstić information content (AvgIpc) is 3.23. The van der Waals surface area contributed by atoms with Gasteiger partial charge in [0.1, 0.15) is 11.8 Å². The summed E-state index contributed by atoms with van der Waals surface area (Å²) in [5.41, 5.74) is 2.66. The minimum absolute atomic E-state index is 0.336. The van der Waals surface area contributed by atoms with E-state index in [1.54, 1.807) is 6.08 Å². The van der Waals surface area contributed by atoms with E-state index in [9.17, 15) is 5.26 Å². The van der Waals surface area contributed by atoms with Crippen LogP contribution in [0.1, 0.15) is 29.6 Å². The zero-order chi connectivity index (χ0) is 21.5. The maximum atomic E-state index is 9.53. The minimum Gasteiger partial charge on any atom is -0.494 e. The molecule has 0 aliphatic carbocycles. The van der Waals surface area contributed by atoms with E-state index in [0.29, 0.717) is 24.1 Å². The van der Waals surface area contributed by atoms with Crippen molar-refractivity contribution in [3.8, 4) is 11.8 Å². The Kier molecular flexibility index (Phi) is 6.65. The number of rotatable bonds is 7. The van der Waals surface area contributed by atoms with E-state index in [2.05, 4.69) is 45.1 Å². The first-order chi connectivity index (χ1) is 15.2. The molecule has 1 fully saturated rings. The number of oxazole rings is 1. The van der Waals surface area contributed by atoms with E-state index in [1.807, 2.05) is 43.3 Å². The number of piperazine rings is 1. The highest BCUT2D eigenvalue weighted by molar-refractivity contribution is 5.67. The summed E-state index contributed by atoms with van der Waals surface area (Å²) in [6.07, 6.45) is 3.72. The topological polar surface area (TPSA) is 65.5 Å². The van der Waals surface area contributed by atoms with Crippen LogP contribution in [0.25, 0.3) is 12.2 Å². The van der Waals surface area contributed by atoms with Crippen molar-refractivity contribution in [1.82, 2.24) is 9.88 Å². The maximum Gasteiger partial charge on any atom is 0.235 e. The summed E-state index contributed by atoms with van der Waals surface area (Å²) in [6.45, 7) is 6.98. The van der Waals surface area contributed by atoms with Gasteiger partial charge in [-0.25, -0.2) is 0 Å². The predicted octanol–water partition coefficient (Wildman–Crippen LogP) is 4.44. The Morgan fingerprint density at radius 3 is 2.45 bits per heavy atom. The van der Waals surface area contributed by atoms with Gasteiger partial charge in [-0.15, -0.1) is 0 Å². The quantitative estimate of drug-likeness (QED) is 0.570. The molecule has 0 N–H and O–H groups in total. The third kappa shape index (κ3) is 5.33. The van der Waals surface area contributed by atoms with E-state index < -0.39 is 0 Å². The lowest BCUT2D eigenvalue weighted by Gasteiger charge is -2.34. The minimum atomic E-state index is 0.336. The molecule has 1 aliphatic heterocycles. The van der Waals surface area contributed by atoms with Crippen molar-refractivity contribution in [2.75, 3.05) is 37.7 Å². The molecule has 0 atom stereocenters. The number of benzene rings is 2. The van der Waals surface area contributed by atoms with E-state index in [0.717, 1.165) is 44.0 Å². The van der Waals surface area contributed by atoms with Gasteiger partial charge in [-0.2, -0.15) is 10.2 Å².